The molecule has 4 nitrogen and oxygen atoms in total. The Morgan fingerprint density at radius 2 is 2.00 bits per heavy atom. The average molecular weight is 258 g/mol. The summed E-state index contributed by atoms with van der Waals surface area (Å²) >= 11 is 0. The van der Waals surface area contributed by atoms with Crippen molar-refractivity contribution in [3.05, 3.63) is 53.9 Å². The van der Waals surface area contributed by atoms with Gasteiger partial charge in [0.1, 0.15) is 11.5 Å². The molecule has 0 bridgehead atoms. The van der Waals surface area contributed by atoms with Crippen molar-refractivity contribution in [2.75, 3.05) is 21.3 Å². The van der Waals surface area contributed by atoms with E-state index in [9.17, 15) is 0 Å². The highest BCUT2D eigenvalue weighted by atomic mass is 16.5. The smallest absolute Gasteiger partial charge is 0.124 e. The zero-order valence-corrected chi connectivity index (χ0v) is 11.4. The zero-order valence-electron chi connectivity index (χ0n) is 11.4. The molecule has 1 N–H and O–H groups in total. The fraction of sp³-hybridized carbons (Fsp3) is 0.267. The van der Waals surface area contributed by atoms with Gasteiger partial charge in [0.2, 0.25) is 0 Å². The molecule has 0 amide bonds. The van der Waals surface area contributed by atoms with Crippen molar-refractivity contribution in [1.29, 1.82) is 0 Å². The summed E-state index contributed by atoms with van der Waals surface area (Å²) in [6.07, 6.45) is 3.61. The molecule has 0 aliphatic heterocycles. The third kappa shape index (κ3) is 2.85. The Bertz CT molecular complexity index is 529. The van der Waals surface area contributed by atoms with Gasteiger partial charge in [-0.3, -0.25) is 4.98 Å². The van der Waals surface area contributed by atoms with E-state index in [-0.39, 0.29) is 6.04 Å². The van der Waals surface area contributed by atoms with Crippen LogP contribution in [0.4, 0.5) is 0 Å². The lowest BCUT2D eigenvalue weighted by molar-refractivity contribution is 0.395. The normalized spacial score (nSPS) is 11.9. The molecule has 0 fully saturated rings. The number of ether oxygens (including phenoxy) is 2. The molecule has 1 atom stereocenters. The highest BCUT2D eigenvalue weighted by Crippen LogP contribution is 2.32. The molecule has 1 aromatic carbocycles. The summed E-state index contributed by atoms with van der Waals surface area (Å²) in [6.45, 7) is 0. The van der Waals surface area contributed by atoms with Crippen LogP contribution in [0, 0.1) is 0 Å². The highest BCUT2D eigenvalue weighted by molar-refractivity contribution is 5.45. The van der Waals surface area contributed by atoms with Gasteiger partial charge in [-0.25, -0.2) is 0 Å². The first-order valence-electron chi connectivity index (χ1n) is 6.09. The summed E-state index contributed by atoms with van der Waals surface area (Å²) in [7, 11) is 5.24. The highest BCUT2D eigenvalue weighted by Gasteiger charge is 2.17. The number of benzene rings is 1. The molecule has 0 radical (unpaired) electrons. The predicted molar refractivity (Wildman–Crippen MR) is 74.7 cm³/mol. The molecule has 0 aliphatic rings. The van der Waals surface area contributed by atoms with Crippen LogP contribution in [0.2, 0.25) is 0 Å². The summed E-state index contributed by atoms with van der Waals surface area (Å²) in [5.41, 5.74) is 2.11. The van der Waals surface area contributed by atoms with Crippen molar-refractivity contribution in [3.63, 3.8) is 0 Å². The Morgan fingerprint density at radius 1 is 1.16 bits per heavy atom. The SMILES string of the molecule is CNC(c1cccnc1)c1cc(OC)ccc1OC. The number of hydrogen-bond donors (Lipinski definition) is 1. The Labute approximate surface area is 113 Å². The summed E-state index contributed by atoms with van der Waals surface area (Å²) < 4.78 is 10.7. The van der Waals surface area contributed by atoms with Crippen LogP contribution in [0.1, 0.15) is 17.2 Å². The first-order valence-corrected chi connectivity index (χ1v) is 6.09. The molecule has 1 heterocycles. The van der Waals surface area contributed by atoms with Crippen molar-refractivity contribution >= 4 is 0 Å². The first kappa shape index (κ1) is 13.4. The van der Waals surface area contributed by atoms with Gasteiger partial charge in [-0.05, 0) is 36.9 Å². The fourth-order valence-corrected chi connectivity index (χ4v) is 2.11. The van der Waals surface area contributed by atoms with Crippen molar-refractivity contribution < 1.29 is 9.47 Å². The summed E-state index contributed by atoms with van der Waals surface area (Å²) in [6, 6.07) is 9.75. The van der Waals surface area contributed by atoms with Crippen molar-refractivity contribution in [1.82, 2.24) is 10.3 Å². The first-order chi connectivity index (χ1) is 9.30. The monoisotopic (exact) mass is 258 g/mol. The van der Waals surface area contributed by atoms with Gasteiger partial charge in [-0.1, -0.05) is 6.07 Å². The molecule has 0 spiro atoms. The van der Waals surface area contributed by atoms with Gasteiger partial charge in [-0.15, -0.1) is 0 Å². The van der Waals surface area contributed by atoms with Crippen LogP contribution < -0.4 is 14.8 Å². The maximum absolute atomic E-state index is 5.43. The van der Waals surface area contributed by atoms with Gasteiger partial charge >= 0.3 is 0 Å². The number of aromatic nitrogens is 1. The van der Waals surface area contributed by atoms with Crippen LogP contribution >= 0.6 is 0 Å². The van der Waals surface area contributed by atoms with E-state index in [0.29, 0.717) is 0 Å². The minimum absolute atomic E-state index is 0.0127. The van der Waals surface area contributed by atoms with E-state index in [0.717, 1.165) is 22.6 Å². The Balaban J connectivity index is 2.48. The lowest BCUT2D eigenvalue weighted by Gasteiger charge is -2.20. The topological polar surface area (TPSA) is 43.4 Å². The van der Waals surface area contributed by atoms with Crippen LogP contribution in [0.15, 0.2) is 42.7 Å². The van der Waals surface area contributed by atoms with E-state index >= 15 is 0 Å². The minimum Gasteiger partial charge on any atom is -0.497 e. The zero-order chi connectivity index (χ0) is 13.7. The lowest BCUT2D eigenvalue weighted by Crippen LogP contribution is -2.18. The quantitative estimate of drug-likeness (QED) is 0.894. The molecule has 2 rings (SSSR count). The summed E-state index contributed by atoms with van der Waals surface area (Å²) in [4.78, 5) is 4.17. The molecule has 0 saturated heterocycles. The van der Waals surface area contributed by atoms with Crippen molar-refractivity contribution in [2.24, 2.45) is 0 Å². The second kappa shape index (κ2) is 6.20. The van der Waals surface area contributed by atoms with Gasteiger partial charge in [0.05, 0.1) is 20.3 Å². The molecule has 2 aromatic rings. The average Bonchev–Trinajstić information content (AvgIpc) is 2.49. The largest absolute Gasteiger partial charge is 0.497 e. The van der Waals surface area contributed by atoms with Gasteiger partial charge < -0.3 is 14.8 Å². The number of pyridine rings is 1. The van der Waals surface area contributed by atoms with Gasteiger partial charge in [-0.2, -0.15) is 0 Å². The molecule has 0 aliphatic carbocycles. The summed E-state index contributed by atoms with van der Waals surface area (Å²) in [5.74, 6) is 1.63. The van der Waals surface area contributed by atoms with Crippen molar-refractivity contribution in [2.45, 2.75) is 6.04 Å². The van der Waals surface area contributed by atoms with Gasteiger partial charge in [0.25, 0.3) is 0 Å². The van der Waals surface area contributed by atoms with Crippen molar-refractivity contribution in [3.8, 4) is 11.5 Å². The van der Waals surface area contributed by atoms with E-state index in [1.54, 1.807) is 20.4 Å². The molecule has 4 heteroatoms. The van der Waals surface area contributed by atoms with Crippen LogP contribution in [0.5, 0.6) is 11.5 Å². The third-order valence-corrected chi connectivity index (χ3v) is 3.05. The Morgan fingerprint density at radius 3 is 2.58 bits per heavy atom. The fourth-order valence-electron chi connectivity index (χ4n) is 2.11. The molecule has 19 heavy (non-hydrogen) atoms. The van der Waals surface area contributed by atoms with Crippen LogP contribution in [0.3, 0.4) is 0 Å². The molecule has 1 unspecified atom stereocenters. The van der Waals surface area contributed by atoms with Crippen LogP contribution in [0.25, 0.3) is 0 Å². The summed E-state index contributed by atoms with van der Waals surface area (Å²) in [5, 5.41) is 3.29. The maximum Gasteiger partial charge on any atom is 0.124 e. The maximum atomic E-state index is 5.43. The molecular weight excluding hydrogens is 240 g/mol. The standard InChI is InChI=1S/C15H18N2O2/c1-16-15(11-5-4-8-17-10-11)13-9-12(18-2)6-7-14(13)19-3/h4-10,15-16H,1-3H3. The lowest BCUT2D eigenvalue weighted by atomic mass is 9.99. The van der Waals surface area contributed by atoms with E-state index in [1.165, 1.54) is 0 Å². The second-order valence-corrected chi connectivity index (χ2v) is 4.12. The second-order valence-electron chi connectivity index (χ2n) is 4.12. The molecular formula is C15H18N2O2. The van der Waals surface area contributed by atoms with Gasteiger partial charge in [0.15, 0.2) is 0 Å². The molecule has 1 aromatic heterocycles. The van der Waals surface area contributed by atoms with Crippen LogP contribution in [-0.2, 0) is 0 Å². The van der Waals surface area contributed by atoms with Gasteiger partial charge in [0, 0.05) is 18.0 Å². The number of rotatable bonds is 5. The van der Waals surface area contributed by atoms with E-state index in [4.69, 9.17) is 9.47 Å². The third-order valence-electron chi connectivity index (χ3n) is 3.05. The molecule has 100 valence electrons. The van der Waals surface area contributed by atoms with Crippen LogP contribution in [-0.4, -0.2) is 26.3 Å². The van der Waals surface area contributed by atoms with E-state index in [1.807, 2.05) is 43.6 Å². The van der Waals surface area contributed by atoms with E-state index < -0.39 is 0 Å². The van der Waals surface area contributed by atoms with E-state index in [2.05, 4.69) is 10.3 Å². The minimum atomic E-state index is 0.0127. The Hall–Kier alpha value is -2.07. The number of nitrogens with zero attached hydrogens (tertiary/aromatic N) is 1. The predicted octanol–water partition coefficient (Wildman–Crippen LogP) is 2.41. The Kier molecular flexibility index (Phi) is 4.36. The number of nitrogens with one attached hydrogen (secondary N) is 1. The number of hydrogen-bond acceptors (Lipinski definition) is 4. The molecule has 0 saturated carbocycles. The number of methoxy groups -OCH3 is 2.